The first-order valence-corrected chi connectivity index (χ1v) is 9.52. The molecule has 0 spiro atoms. The lowest BCUT2D eigenvalue weighted by Gasteiger charge is -2.28. The predicted molar refractivity (Wildman–Crippen MR) is 111 cm³/mol. The van der Waals surface area contributed by atoms with Gasteiger partial charge in [0.25, 0.3) is 0 Å². The Morgan fingerprint density at radius 2 is 1.46 bits per heavy atom. The summed E-state index contributed by atoms with van der Waals surface area (Å²) in [6.45, 7) is 5.74. The minimum atomic E-state index is -0.0968. The second-order valence-electron chi connectivity index (χ2n) is 6.38. The Bertz CT molecular complexity index is 880. The summed E-state index contributed by atoms with van der Waals surface area (Å²) in [6.07, 6.45) is 12.2. The molecular formula is C24H26O4. The van der Waals surface area contributed by atoms with E-state index >= 15 is 0 Å². The van der Waals surface area contributed by atoms with Crippen molar-refractivity contribution in [1.82, 2.24) is 0 Å². The fraction of sp³-hybridized carbons (Fsp3) is 0.250. The molecule has 1 unspecified atom stereocenters. The lowest BCUT2D eigenvalue weighted by atomic mass is 9.96. The molecule has 1 heterocycles. The molecule has 0 amide bonds. The minimum Gasteiger partial charge on any atom is -0.485 e. The van der Waals surface area contributed by atoms with Crippen LogP contribution in [0.4, 0.5) is 0 Å². The first-order chi connectivity index (χ1) is 13.7. The van der Waals surface area contributed by atoms with Crippen LogP contribution in [0.15, 0.2) is 73.4 Å². The summed E-state index contributed by atoms with van der Waals surface area (Å²) in [5, 5.41) is 0. The molecule has 146 valence electrons. The molecule has 0 aromatic heterocycles. The van der Waals surface area contributed by atoms with Gasteiger partial charge >= 0.3 is 0 Å². The average Bonchev–Trinajstić information content (AvgIpc) is 2.74. The molecule has 4 nitrogen and oxygen atoms in total. The van der Waals surface area contributed by atoms with Gasteiger partial charge in [0.15, 0.2) is 0 Å². The molecule has 4 heteroatoms. The topological polar surface area (TPSA) is 36.9 Å². The van der Waals surface area contributed by atoms with Gasteiger partial charge in [-0.25, -0.2) is 0 Å². The van der Waals surface area contributed by atoms with Gasteiger partial charge in [-0.2, -0.15) is 0 Å². The number of allylic oxidation sites excluding steroid dienone is 3. The predicted octanol–water partition coefficient (Wildman–Crippen LogP) is 6.49. The van der Waals surface area contributed by atoms with E-state index in [1.165, 1.54) is 5.56 Å². The van der Waals surface area contributed by atoms with Gasteiger partial charge in [0.1, 0.15) is 29.1 Å². The molecule has 2 aromatic rings. The van der Waals surface area contributed by atoms with E-state index in [4.69, 9.17) is 18.9 Å². The maximum atomic E-state index is 6.32. The van der Waals surface area contributed by atoms with Crippen molar-refractivity contribution >= 4 is 0 Å². The normalized spacial score (nSPS) is 16.3. The zero-order valence-corrected chi connectivity index (χ0v) is 16.6. The summed E-state index contributed by atoms with van der Waals surface area (Å²) in [5.41, 5.74) is 2.18. The van der Waals surface area contributed by atoms with Gasteiger partial charge in [-0.1, -0.05) is 24.3 Å². The van der Waals surface area contributed by atoms with Crippen LogP contribution in [-0.2, 0) is 6.42 Å². The van der Waals surface area contributed by atoms with E-state index in [1.54, 1.807) is 18.8 Å². The molecule has 2 aromatic carbocycles. The van der Waals surface area contributed by atoms with E-state index in [-0.39, 0.29) is 6.10 Å². The third-order valence-corrected chi connectivity index (χ3v) is 4.33. The van der Waals surface area contributed by atoms with E-state index in [1.807, 2.05) is 69.3 Å². The molecular weight excluding hydrogens is 352 g/mol. The van der Waals surface area contributed by atoms with Crippen molar-refractivity contribution in [3.05, 3.63) is 84.5 Å². The van der Waals surface area contributed by atoms with Gasteiger partial charge in [-0.15, -0.1) is 0 Å². The average molecular weight is 378 g/mol. The van der Waals surface area contributed by atoms with Crippen molar-refractivity contribution in [1.29, 1.82) is 0 Å². The SMILES string of the molecule is CC=COc1ccc2c(c1)OC(c1ccc(OC=CC)cc1OC=CC)CC2. The standard InChI is InChI=1S/C24H26O4/c1-4-13-25-19-9-7-18-8-12-22(28-23(18)16-19)21-11-10-20(26-14-5-2)17-24(21)27-15-6-3/h4-7,9-11,13-17,22H,8,12H2,1-3H3. The third-order valence-electron chi connectivity index (χ3n) is 4.33. The zero-order valence-electron chi connectivity index (χ0n) is 16.6. The molecule has 1 aliphatic heterocycles. The third kappa shape index (κ3) is 4.77. The Morgan fingerprint density at radius 3 is 2.18 bits per heavy atom. The summed E-state index contributed by atoms with van der Waals surface area (Å²) >= 11 is 0. The lowest BCUT2D eigenvalue weighted by molar-refractivity contribution is 0.173. The quantitative estimate of drug-likeness (QED) is 0.516. The summed E-state index contributed by atoms with van der Waals surface area (Å²) in [5.74, 6) is 3.07. The first kappa shape index (κ1) is 19.6. The maximum absolute atomic E-state index is 6.32. The second-order valence-corrected chi connectivity index (χ2v) is 6.38. The number of hydrogen-bond acceptors (Lipinski definition) is 4. The molecule has 0 radical (unpaired) electrons. The highest BCUT2D eigenvalue weighted by atomic mass is 16.5. The molecule has 0 fully saturated rings. The van der Waals surface area contributed by atoms with Crippen LogP contribution in [-0.4, -0.2) is 0 Å². The van der Waals surface area contributed by atoms with Crippen molar-refractivity contribution in [2.45, 2.75) is 39.7 Å². The summed E-state index contributed by atoms with van der Waals surface area (Å²) in [7, 11) is 0. The van der Waals surface area contributed by atoms with Crippen LogP contribution >= 0.6 is 0 Å². The number of benzene rings is 2. The van der Waals surface area contributed by atoms with E-state index in [0.29, 0.717) is 0 Å². The Labute approximate surface area is 166 Å². The smallest absolute Gasteiger partial charge is 0.137 e. The molecule has 0 saturated heterocycles. The Morgan fingerprint density at radius 1 is 0.821 bits per heavy atom. The Kier molecular flexibility index (Phi) is 6.79. The zero-order chi connectivity index (χ0) is 19.8. The number of ether oxygens (including phenoxy) is 4. The summed E-state index contributed by atoms with van der Waals surface area (Å²) in [4.78, 5) is 0. The van der Waals surface area contributed by atoms with Crippen LogP contribution in [0.5, 0.6) is 23.0 Å². The highest BCUT2D eigenvalue weighted by Gasteiger charge is 2.25. The van der Waals surface area contributed by atoms with Crippen LogP contribution < -0.4 is 18.9 Å². The van der Waals surface area contributed by atoms with E-state index in [2.05, 4.69) is 6.07 Å². The molecule has 0 aliphatic carbocycles. The molecule has 3 rings (SSSR count). The highest BCUT2D eigenvalue weighted by molar-refractivity contribution is 5.46. The maximum Gasteiger partial charge on any atom is 0.137 e. The molecule has 0 saturated carbocycles. The van der Waals surface area contributed by atoms with Crippen molar-refractivity contribution < 1.29 is 18.9 Å². The van der Waals surface area contributed by atoms with E-state index < -0.39 is 0 Å². The molecule has 0 bridgehead atoms. The fourth-order valence-electron chi connectivity index (χ4n) is 3.03. The van der Waals surface area contributed by atoms with Crippen LogP contribution in [0.1, 0.15) is 44.4 Å². The first-order valence-electron chi connectivity index (χ1n) is 9.52. The van der Waals surface area contributed by atoms with E-state index in [9.17, 15) is 0 Å². The number of hydrogen-bond donors (Lipinski definition) is 0. The number of fused-ring (bicyclic) bond motifs is 1. The van der Waals surface area contributed by atoms with Gasteiger partial charge in [0.05, 0.1) is 18.8 Å². The van der Waals surface area contributed by atoms with Crippen LogP contribution in [0.2, 0.25) is 0 Å². The largest absolute Gasteiger partial charge is 0.485 e. The van der Waals surface area contributed by atoms with E-state index in [0.717, 1.165) is 41.4 Å². The summed E-state index contributed by atoms with van der Waals surface area (Å²) in [6, 6.07) is 11.8. The molecule has 28 heavy (non-hydrogen) atoms. The van der Waals surface area contributed by atoms with Crippen molar-refractivity contribution in [2.24, 2.45) is 0 Å². The Hall–Kier alpha value is -3.14. The molecule has 1 atom stereocenters. The second kappa shape index (κ2) is 9.70. The Balaban J connectivity index is 1.86. The number of rotatable bonds is 7. The van der Waals surface area contributed by atoms with Gasteiger partial charge < -0.3 is 18.9 Å². The summed E-state index contributed by atoms with van der Waals surface area (Å²) < 4.78 is 23.3. The van der Waals surface area contributed by atoms with Gasteiger partial charge in [0, 0.05) is 17.7 Å². The lowest BCUT2D eigenvalue weighted by Crippen LogP contribution is -2.16. The van der Waals surface area contributed by atoms with Crippen molar-refractivity contribution in [3.63, 3.8) is 0 Å². The van der Waals surface area contributed by atoms with Gasteiger partial charge in [-0.3, -0.25) is 0 Å². The highest BCUT2D eigenvalue weighted by Crippen LogP contribution is 2.41. The van der Waals surface area contributed by atoms with Crippen LogP contribution in [0, 0.1) is 0 Å². The van der Waals surface area contributed by atoms with Crippen LogP contribution in [0.3, 0.4) is 0 Å². The monoisotopic (exact) mass is 378 g/mol. The molecule has 1 aliphatic rings. The van der Waals surface area contributed by atoms with Crippen molar-refractivity contribution in [2.75, 3.05) is 0 Å². The fourth-order valence-corrected chi connectivity index (χ4v) is 3.03. The minimum absolute atomic E-state index is 0.0968. The van der Waals surface area contributed by atoms with Gasteiger partial charge in [0.2, 0.25) is 0 Å². The molecule has 0 N–H and O–H groups in total. The number of aryl methyl sites for hydroxylation is 1. The van der Waals surface area contributed by atoms with Gasteiger partial charge in [-0.05, 0) is 57.4 Å². The van der Waals surface area contributed by atoms with Crippen molar-refractivity contribution in [3.8, 4) is 23.0 Å². The van der Waals surface area contributed by atoms with Crippen LogP contribution in [0.25, 0.3) is 0 Å².